The molecule has 0 radical (unpaired) electrons. The molecule has 4 rings (SSSR count). The summed E-state index contributed by atoms with van der Waals surface area (Å²) in [5.74, 6) is -1.12. The van der Waals surface area contributed by atoms with Crippen molar-refractivity contribution in [1.29, 1.82) is 0 Å². The summed E-state index contributed by atoms with van der Waals surface area (Å²) in [6.45, 7) is 0.389. The molecule has 1 fully saturated rings. The number of carbonyl (C=O) groups is 2. The van der Waals surface area contributed by atoms with Gasteiger partial charge in [0.25, 0.3) is 5.69 Å². The van der Waals surface area contributed by atoms with E-state index in [1.54, 1.807) is 23.1 Å². The highest BCUT2D eigenvalue weighted by Crippen LogP contribution is 2.34. The van der Waals surface area contributed by atoms with Gasteiger partial charge in [0.1, 0.15) is 10.8 Å². The number of aromatic nitrogens is 2. The minimum absolute atomic E-state index is 0.0675. The lowest BCUT2D eigenvalue weighted by atomic mass is 10.1. The van der Waals surface area contributed by atoms with Crippen LogP contribution in [0.3, 0.4) is 0 Å². The maximum atomic E-state index is 13.1. The Morgan fingerprint density at radius 3 is 2.78 bits per heavy atom. The standard InChI is InChI=1S/C21H16FN5O4S/c22-15-5-7-16(8-6-15)26-12-14(11-19(26)29)20-24-25-21(32-20)23-18(28)9-4-13-2-1-3-17(10-13)27(30)31/h1-10,14H,11-12H2,(H,23,25,28)/b9-4+. The summed E-state index contributed by atoms with van der Waals surface area (Å²) in [5, 5.41) is 22.4. The van der Waals surface area contributed by atoms with Crippen molar-refractivity contribution in [3.63, 3.8) is 0 Å². The summed E-state index contributed by atoms with van der Waals surface area (Å²) < 4.78 is 13.1. The highest BCUT2D eigenvalue weighted by atomic mass is 32.1. The fourth-order valence-corrected chi connectivity index (χ4v) is 4.09. The number of amides is 2. The maximum absolute atomic E-state index is 13.1. The minimum atomic E-state index is -0.509. The summed E-state index contributed by atoms with van der Waals surface area (Å²) >= 11 is 1.17. The molecule has 1 N–H and O–H groups in total. The van der Waals surface area contributed by atoms with Crippen molar-refractivity contribution in [2.24, 2.45) is 0 Å². The molecule has 1 aliphatic heterocycles. The van der Waals surface area contributed by atoms with E-state index < -0.39 is 10.8 Å². The molecule has 162 valence electrons. The SMILES string of the molecule is O=C(/C=C/c1cccc([N+](=O)[O-])c1)Nc1nnc(C2CC(=O)N(c3ccc(F)cc3)C2)s1. The molecule has 0 spiro atoms. The van der Waals surface area contributed by atoms with Gasteiger partial charge in [-0.1, -0.05) is 23.5 Å². The summed E-state index contributed by atoms with van der Waals surface area (Å²) in [5.41, 5.74) is 1.06. The molecule has 1 saturated heterocycles. The molecule has 1 unspecified atom stereocenters. The second-order valence-corrected chi connectivity index (χ2v) is 8.01. The highest BCUT2D eigenvalue weighted by Gasteiger charge is 2.34. The van der Waals surface area contributed by atoms with E-state index in [9.17, 15) is 24.1 Å². The first-order valence-corrected chi connectivity index (χ1v) is 10.3. The van der Waals surface area contributed by atoms with Gasteiger partial charge in [-0.2, -0.15) is 0 Å². The smallest absolute Gasteiger partial charge is 0.270 e. The molecule has 0 saturated carbocycles. The molecular weight excluding hydrogens is 437 g/mol. The van der Waals surface area contributed by atoms with Crippen molar-refractivity contribution in [1.82, 2.24) is 10.2 Å². The number of nitro groups is 1. The number of anilines is 2. The Balaban J connectivity index is 1.38. The Labute approximate surface area is 185 Å². The van der Waals surface area contributed by atoms with Crippen LogP contribution < -0.4 is 10.2 Å². The molecule has 2 amide bonds. The van der Waals surface area contributed by atoms with Crippen LogP contribution in [0.1, 0.15) is 22.9 Å². The molecule has 32 heavy (non-hydrogen) atoms. The molecule has 2 aromatic carbocycles. The largest absolute Gasteiger partial charge is 0.312 e. The van der Waals surface area contributed by atoms with Crippen LogP contribution in [0.5, 0.6) is 0 Å². The first kappa shape index (κ1) is 21.2. The van der Waals surface area contributed by atoms with E-state index in [1.165, 1.54) is 53.8 Å². The van der Waals surface area contributed by atoms with Crippen LogP contribution in [0.2, 0.25) is 0 Å². The number of rotatable bonds is 6. The number of benzene rings is 2. The zero-order chi connectivity index (χ0) is 22.7. The molecule has 1 aliphatic rings. The van der Waals surface area contributed by atoms with Crippen LogP contribution >= 0.6 is 11.3 Å². The normalized spacial score (nSPS) is 16.0. The molecule has 1 atom stereocenters. The quantitative estimate of drug-likeness (QED) is 0.345. The van der Waals surface area contributed by atoms with Gasteiger partial charge >= 0.3 is 0 Å². The van der Waals surface area contributed by atoms with E-state index in [4.69, 9.17) is 0 Å². The zero-order valence-electron chi connectivity index (χ0n) is 16.5. The monoisotopic (exact) mass is 453 g/mol. The molecule has 2 heterocycles. The third-order valence-corrected chi connectivity index (χ3v) is 5.79. The Morgan fingerprint density at radius 2 is 2.03 bits per heavy atom. The predicted octanol–water partition coefficient (Wildman–Crippen LogP) is 3.76. The lowest BCUT2D eigenvalue weighted by Gasteiger charge is -2.16. The third kappa shape index (κ3) is 4.83. The van der Waals surface area contributed by atoms with Crippen molar-refractivity contribution in [3.8, 4) is 0 Å². The van der Waals surface area contributed by atoms with E-state index in [0.29, 0.717) is 22.8 Å². The number of halogens is 1. The molecular formula is C21H16FN5O4S. The number of nitrogens with one attached hydrogen (secondary N) is 1. The lowest BCUT2D eigenvalue weighted by Crippen LogP contribution is -2.24. The molecule has 9 nitrogen and oxygen atoms in total. The number of hydrogen-bond donors (Lipinski definition) is 1. The molecule has 1 aromatic heterocycles. The van der Waals surface area contributed by atoms with Crippen LogP contribution in [0, 0.1) is 15.9 Å². The summed E-state index contributed by atoms with van der Waals surface area (Å²) in [4.78, 5) is 36.4. The van der Waals surface area contributed by atoms with Gasteiger partial charge in [0.05, 0.1) is 4.92 Å². The second-order valence-electron chi connectivity index (χ2n) is 7.00. The number of nitro benzene ring substituents is 1. The van der Waals surface area contributed by atoms with Gasteiger partial charge in [-0.05, 0) is 35.9 Å². The molecule has 0 bridgehead atoms. The highest BCUT2D eigenvalue weighted by molar-refractivity contribution is 7.15. The fourth-order valence-electron chi connectivity index (χ4n) is 3.25. The summed E-state index contributed by atoms with van der Waals surface area (Å²) in [6, 6.07) is 11.6. The van der Waals surface area contributed by atoms with Crippen molar-refractivity contribution in [3.05, 3.63) is 81.1 Å². The number of hydrogen-bond acceptors (Lipinski definition) is 7. The number of non-ortho nitro benzene ring substituents is 1. The zero-order valence-corrected chi connectivity index (χ0v) is 17.3. The van der Waals surface area contributed by atoms with Crippen LogP contribution in [-0.4, -0.2) is 33.5 Å². The van der Waals surface area contributed by atoms with Gasteiger partial charge < -0.3 is 4.90 Å². The van der Waals surface area contributed by atoms with Crippen LogP contribution in [-0.2, 0) is 9.59 Å². The summed E-state index contributed by atoms with van der Waals surface area (Å²) in [6.07, 6.45) is 2.95. The molecule has 11 heteroatoms. The lowest BCUT2D eigenvalue weighted by molar-refractivity contribution is -0.384. The van der Waals surface area contributed by atoms with Crippen LogP contribution in [0.4, 0.5) is 20.9 Å². The van der Waals surface area contributed by atoms with Gasteiger partial charge in [-0.3, -0.25) is 25.0 Å². The van der Waals surface area contributed by atoms with Gasteiger partial charge in [0.15, 0.2) is 0 Å². The van der Waals surface area contributed by atoms with Gasteiger partial charge in [-0.25, -0.2) is 4.39 Å². The fraction of sp³-hybridized carbons (Fsp3) is 0.143. The van der Waals surface area contributed by atoms with E-state index >= 15 is 0 Å². The molecule has 3 aromatic rings. The number of nitrogens with zero attached hydrogens (tertiary/aromatic N) is 4. The van der Waals surface area contributed by atoms with Crippen molar-refractivity contribution < 1.29 is 18.9 Å². The van der Waals surface area contributed by atoms with Gasteiger partial charge in [-0.15, -0.1) is 10.2 Å². The Bertz CT molecular complexity index is 1210. The van der Waals surface area contributed by atoms with E-state index in [1.807, 2.05) is 0 Å². The van der Waals surface area contributed by atoms with Crippen molar-refractivity contribution >= 4 is 45.7 Å². The first-order chi connectivity index (χ1) is 15.4. The number of carbonyl (C=O) groups excluding carboxylic acids is 2. The topological polar surface area (TPSA) is 118 Å². The van der Waals surface area contributed by atoms with Crippen LogP contribution in [0.25, 0.3) is 6.08 Å². The Kier molecular flexibility index (Phi) is 5.99. The maximum Gasteiger partial charge on any atom is 0.270 e. The average molecular weight is 453 g/mol. The van der Waals surface area contributed by atoms with E-state index in [2.05, 4.69) is 15.5 Å². The van der Waals surface area contributed by atoms with Crippen LogP contribution in [0.15, 0.2) is 54.6 Å². The van der Waals surface area contributed by atoms with Crippen molar-refractivity contribution in [2.45, 2.75) is 12.3 Å². The molecule has 0 aliphatic carbocycles. The van der Waals surface area contributed by atoms with Gasteiger partial charge in [0.2, 0.25) is 16.9 Å². The van der Waals surface area contributed by atoms with E-state index in [0.717, 1.165) is 0 Å². The first-order valence-electron chi connectivity index (χ1n) is 9.52. The summed E-state index contributed by atoms with van der Waals surface area (Å²) in [7, 11) is 0. The Hall–Kier alpha value is -3.99. The third-order valence-electron chi connectivity index (χ3n) is 4.79. The second kappa shape index (κ2) is 9.02. The van der Waals surface area contributed by atoms with Crippen molar-refractivity contribution in [2.75, 3.05) is 16.8 Å². The van der Waals surface area contributed by atoms with E-state index in [-0.39, 0.29) is 34.9 Å². The predicted molar refractivity (Wildman–Crippen MR) is 117 cm³/mol. The minimum Gasteiger partial charge on any atom is -0.312 e. The van der Waals surface area contributed by atoms with Gasteiger partial charge in [0, 0.05) is 42.8 Å². The Morgan fingerprint density at radius 1 is 1.25 bits per heavy atom. The average Bonchev–Trinajstić information content (AvgIpc) is 3.39.